The molecule has 0 fully saturated rings. The van der Waals surface area contributed by atoms with Crippen molar-refractivity contribution >= 4 is 23.5 Å². The van der Waals surface area contributed by atoms with Crippen LogP contribution in [0.1, 0.15) is 13.8 Å². The van der Waals surface area contributed by atoms with E-state index in [2.05, 4.69) is 37.9 Å². The molecule has 0 radical (unpaired) electrons. The summed E-state index contributed by atoms with van der Waals surface area (Å²) >= 11 is 3.71. The van der Waals surface area contributed by atoms with Crippen LogP contribution in [-0.4, -0.2) is 37.8 Å². The zero-order valence-electron chi connectivity index (χ0n) is 15.9. The number of thioether (sulfide) groups is 2. The number of rotatable bonds is 9. The highest BCUT2D eigenvalue weighted by molar-refractivity contribution is 8.03. The Morgan fingerprint density at radius 1 is 1.46 bits per heavy atom. The fraction of sp³-hybridized carbons (Fsp3) is 0.429. The van der Waals surface area contributed by atoms with Gasteiger partial charge in [-0.2, -0.15) is 0 Å². The van der Waals surface area contributed by atoms with Gasteiger partial charge in [0.15, 0.2) is 0 Å². The molecule has 1 heterocycles. The van der Waals surface area contributed by atoms with Gasteiger partial charge in [0, 0.05) is 21.3 Å². The monoisotopic (exact) mass is 391 g/mol. The number of hydrogen-bond donors (Lipinski definition) is 1. The first-order valence-electron chi connectivity index (χ1n) is 8.88. The van der Waals surface area contributed by atoms with E-state index in [1.807, 2.05) is 47.8 Å². The Bertz CT molecular complexity index is 643. The SMILES string of the molecule is C=C/C=C\C1=C(C)SCC(NCC(C)CSc2ccccc2OC)CO1. The molecule has 0 amide bonds. The van der Waals surface area contributed by atoms with Gasteiger partial charge in [0.25, 0.3) is 0 Å². The van der Waals surface area contributed by atoms with Crippen molar-refractivity contribution < 1.29 is 9.47 Å². The molecule has 2 atom stereocenters. The molecule has 0 bridgehead atoms. The van der Waals surface area contributed by atoms with Gasteiger partial charge in [-0.25, -0.2) is 0 Å². The molecule has 0 saturated carbocycles. The van der Waals surface area contributed by atoms with E-state index < -0.39 is 0 Å². The third-order valence-corrected chi connectivity index (χ3v) is 6.61. The van der Waals surface area contributed by atoms with Crippen LogP contribution in [0.5, 0.6) is 5.75 Å². The zero-order valence-corrected chi connectivity index (χ0v) is 17.5. The zero-order chi connectivity index (χ0) is 18.8. The molecular formula is C21H29NO2S2. The average molecular weight is 392 g/mol. The lowest BCUT2D eigenvalue weighted by molar-refractivity contribution is 0.196. The summed E-state index contributed by atoms with van der Waals surface area (Å²) < 4.78 is 11.4. The van der Waals surface area contributed by atoms with Crippen LogP contribution in [0.25, 0.3) is 0 Å². The number of ether oxygens (including phenoxy) is 2. The normalized spacial score (nSPS) is 19.1. The molecule has 0 spiro atoms. The van der Waals surface area contributed by atoms with Crippen molar-refractivity contribution in [2.24, 2.45) is 5.92 Å². The lowest BCUT2D eigenvalue weighted by Gasteiger charge is -2.19. The Kier molecular flexibility index (Phi) is 9.23. The minimum absolute atomic E-state index is 0.364. The second-order valence-corrected chi connectivity index (χ2v) is 8.61. The first-order chi connectivity index (χ1) is 12.6. The van der Waals surface area contributed by atoms with Crippen LogP contribution >= 0.6 is 23.5 Å². The van der Waals surface area contributed by atoms with Crippen molar-refractivity contribution in [3.8, 4) is 5.75 Å². The Morgan fingerprint density at radius 2 is 2.27 bits per heavy atom. The van der Waals surface area contributed by atoms with E-state index >= 15 is 0 Å². The maximum absolute atomic E-state index is 5.96. The molecule has 26 heavy (non-hydrogen) atoms. The van der Waals surface area contributed by atoms with Crippen LogP contribution in [0, 0.1) is 5.92 Å². The molecule has 142 valence electrons. The highest BCUT2D eigenvalue weighted by Gasteiger charge is 2.17. The Balaban J connectivity index is 1.75. The molecule has 2 rings (SSSR count). The molecule has 0 saturated heterocycles. The predicted molar refractivity (Wildman–Crippen MR) is 115 cm³/mol. The topological polar surface area (TPSA) is 30.5 Å². The molecule has 3 nitrogen and oxygen atoms in total. The highest BCUT2D eigenvalue weighted by Crippen LogP contribution is 2.30. The molecule has 1 aliphatic heterocycles. The van der Waals surface area contributed by atoms with Crippen LogP contribution in [0.15, 0.2) is 64.6 Å². The van der Waals surface area contributed by atoms with E-state index in [-0.39, 0.29) is 0 Å². The van der Waals surface area contributed by atoms with Crippen LogP contribution in [0.4, 0.5) is 0 Å². The molecule has 0 aliphatic carbocycles. The lowest BCUT2D eigenvalue weighted by atomic mass is 10.2. The van der Waals surface area contributed by atoms with Crippen molar-refractivity contribution in [2.45, 2.75) is 24.8 Å². The highest BCUT2D eigenvalue weighted by atomic mass is 32.2. The Morgan fingerprint density at radius 3 is 3.04 bits per heavy atom. The third-order valence-electron chi connectivity index (χ3n) is 4.02. The molecule has 1 aliphatic rings. The number of para-hydroxylation sites is 1. The second kappa shape index (κ2) is 11.4. The van der Waals surface area contributed by atoms with E-state index in [4.69, 9.17) is 9.47 Å². The second-order valence-electron chi connectivity index (χ2n) is 6.31. The average Bonchev–Trinajstić information content (AvgIpc) is 2.84. The summed E-state index contributed by atoms with van der Waals surface area (Å²) in [5.74, 6) is 4.56. The van der Waals surface area contributed by atoms with E-state index in [9.17, 15) is 0 Å². The molecule has 0 aromatic heterocycles. The molecule has 1 aromatic rings. The number of allylic oxidation sites excluding steroid dienone is 4. The van der Waals surface area contributed by atoms with Gasteiger partial charge in [-0.05, 0) is 37.6 Å². The first kappa shape index (κ1) is 21.0. The number of nitrogens with one attached hydrogen (secondary N) is 1. The standard InChI is InChI=1S/C21H29NO2S2/c1-5-6-9-19-17(3)25-15-18(13-24-19)22-12-16(2)14-26-21-11-8-7-10-20(21)23-4/h5-11,16,18,22H,1,12-15H2,2-4H3/b9-6-. The maximum atomic E-state index is 5.96. The molecule has 1 aromatic carbocycles. The molecular weight excluding hydrogens is 362 g/mol. The van der Waals surface area contributed by atoms with Gasteiger partial charge in [-0.1, -0.05) is 37.8 Å². The van der Waals surface area contributed by atoms with Gasteiger partial charge in [0.05, 0.1) is 13.2 Å². The van der Waals surface area contributed by atoms with Crippen molar-refractivity contribution in [1.82, 2.24) is 5.32 Å². The van der Waals surface area contributed by atoms with Crippen molar-refractivity contribution in [2.75, 3.05) is 31.8 Å². The summed E-state index contributed by atoms with van der Waals surface area (Å²) in [5.41, 5.74) is 0. The van der Waals surface area contributed by atoms with Gasteiger partial charge in [-0.15, -0.1) is 23.5 Å². The fourth-order valence-corrected chi connectivity index (χ4v) is 4.46. The minimum atomic E-state index is 0.364. The van der Waals surface area contributed by atoms with Gasteiger partial charge in [-0.3, -0.25) is 0 Å². The van der Waals surface area contributed by atoms with E-state index in [0.29, 0.717) is 18.6 Å². The van der Waals surface area contributed by atoms with Gasteiger partial charge < -0.3 is 14.8 Å². The lowest BCUT2D eigenvalue weighted by Crippen LogP contribution is -2.38. The number of benzene rings is 1. The van der Waals surface area contributed by atoms with Crippen LogP contribution in [0.3, 0.4) is 0 Å². The third kappa shape index (κ3) is 6.78. The largest absolute Gasteiger partial charge is 0.496 e. The minimum Gasteiger partial charge on any atom is -0.496 e. The Labute approximate surface area is 166 Å². The van der Waals surface area contributed by atoms with Crippen LogP contribution < -0.4 is 10.1 Å². The summed E-state index contributed by atoms with van der Waals surface area (Å²) in [7, 11) is 1.72. The van der Waals surface area contributed by atoms with Crippen molar-refractivity contribution in [1.29, 1.82) is 0 Å². The van der Waals surface area contributed by atoms with Crippen LogP contribution in [-0.2, 0) is 4.74 Å². The number of methoxy groups -OCH3 is 1. The van der Waals surface area contributed by atoms with Gasteiger partial charge in [0.2, 0.25) is 0 Å². The summed E-state index contributed by atoms with van der Waals surface area (Å²) in [6.45, 7) is 9.79. The van der Waals surface area contributed by atoms with E-state index in [1.54, 1.807) is 13.2 Å². The summed E-state index contributed by atoms with van der Waals surface area (Å²) in [6, 6.07) is 8.56. The van der Waals surface area contributed by atoms with Crippen LogP contribution in [0.2, 0.25) is 0 Å². The summed E-state index contributed by atoms with van der Waals surface area (Å²) in [5, 5.41) is 3.66. The number of hydrogen-bond acceptors (Lipinski definition) is 5. The maximum Gasteiger partial charge on any atom is 0.132 e. The quantitative estimate of drug-likeness (QED) is 0.466. The van der Waals surface area contributed by atoms with Crippen molar-refractivity contribution in [3.63, 3.8) is 0 Å². The summed E-state index contributed by atoms with van der Waals surface area (Å²) in [4.78, 5) is 2.43. The molecule has 1 N–H and O–H groups in total. The van der Waals surface area contributed by atoms with Gasteiger partial charge >= 0.3 is 0 Å². The van der Waals surface area contributed by atoms with E-state index in [1.165, 1.54) is 9.80 Å². The Hall–Kier alpha value is -1.30. The molecule has 2 unspecified atom stereocenters. The van der Waals surface area contributed by atoms with Gasteiger partial charge in [0.1, 0.15) is 18.1 Å². The molecule has 5 heteroatoms. The first-order valence-corrected chi connectivity index (χ1v) is 10.9. The smallest absolute Gasteiger partial charge is 0.132 e. The predicted octanol–water partition coefficient (Wildman–Crippen LogP) is 5.12. The van der Waals surface area contributed by atoms with E-state index in [0.717, 1.165) is 29.6 Å². The summed E-state index contributed by atoms with van der Waals surface area (Å²) in [6.07, 6.45) is 5.69. The fourth-order valence-electron chi connectivity index (χ4n) is 2.47. The van der Waals surface area contributed by atoms with Crippen molar-refractivity contribution in [3.05, 3.63) is 59.7 Å².